The average Bonchev–Trinajstić information content (AvgIpc) is 2.91. The molecule has 1 amide bonds. The topological polar surface area (TPSA) is 55.1 Å². The van der Waals surface area contributed by atoms with Gasteiger partial charge < -0.3 is 11.1 Å². The third-order valence-corrected chi connectivity index (χ3v) is 4.21. The number of nitrogen functional groups attached to an aromatic ring is 1. The maximum absolute atomic E-state index is 12.0. The second-order valence-electron chi connectivity index (χ2n) is 5.15. The summed E-state index contributed by atoms with van der Waals surface area (Å²) in [5.41, 5.74) is 6.89. The number of nitrogens with two attached hydrogens (primary N) is 1. The van der Waals surface area contributed by atoms with Gasteiger partial charge >= 0.3 is 0 Å². The predicted molar refractivity (Wildman–Crippen MR) is 68.8 cm³/mol. The Morgan fingerprint density at radius 1 is 1.29 bits per heavy atom. The van der Waals surface area contributed by atoms with Gasteiger partial charge in [0.15, 0.2) is 0 Å². The van der Waals surface area contributed by atoms with Crippen LogP contribution in [-0.2, 0) is 4.79 Å². The van der Waals surface area contributed by atoms with Crippen LogP contribution in [0.2, 0.25) is 5.02 Å². The minimum absolute atomic E-state index is 0.123. The zero-order chi connectivity index (χ0) is 12.0. The van der Waals surface area contributed by atoms with Crippen LogP contribution < -0.4 is 11.1 Å². The Morgan fingerprint density at radius 2 is 2.00 bits per heavy atom. The number of nitrogens with one attached hydrogen (secondary N) is 1. The van der Waals surface area contributed by atoms with Gasteiger partial charge in [0.1, 0.15) is 0 Å². The summed E-state index contributed by atoms with van der Waals surface area (Å²) in [7, 11) is 0. The Balaban J connectivity index is 1.65. The fourth-order valence-electron chi connectivity index (χ4n) is 2.78. The molecule has 1 aromatic carbocycles. The van der Waals surface area contributed by atoms with Crippen molar-refractivity contribution in [2.24, 2.45) is 17.8 Å². The number of carbonyl (C=O) groups is 1. The Labute approximate surface area is 105 Å². The first-order valence-electron chi connectivity index (χ1n) is 5.99. The van der Waals surface area contributed by atoms with Crippen molar-refractivity contribution in [3.8, 4) is 0 Å². The lowest BCUT2D eigenvalue weighted by molar-refractivity contribution is -0.120. The van der Waals surface area contributed by atoms with Gasteiger partial charge in [-0.15, -0.1) is 0 Å². The van der Waals surface area contributed by atoms with Gasteiger partial charge in [-0.1, -0.05) is 11.6 Å². The second-order valence-corrected chi connectivity index (χ2v) is 5.56. The first-order chi connectivity index (χ1) is 8.13. The van der Waals surface area contributed by atoms with Crippen molar-refractivity contribution in [3.63, 3.8) is 0 Å². The van der Waals surface area contributed by atoms with Gasteiger partial charge in [-0.25, -0.2) is 0 Å². The average molecular weight is 251 g/mol. The molecule has 3 N–H and O–H groups in total. The summed E-state index contributed by atoms with van der Waals surface area (Å²) in [5, 5.41) is 3.40. The molecule has 90 valence electrons. The van der Waals surface area contributed by atoms with Crippen LogP contribution in [0.4, 0.5) is 11.4 Å². The van der Waals surface area contributed by atoms with Crippen molar-refractivity contribution in [2.45, 2.75) is 19.3 Å². The van der Waals surface area contributed by atoms with Gasteiger partial charge in [-0.2, -0.15) is 0 Å². The van der Waals surface area contributed by atoms with Crippen LogP contribution in [-0.4, -0.2) is 5.91 Å². The number of carbonyl (C=O) groups excluding carboxylic acids is 1. The third kappa shape index (κ3) is 2.12. The largest absolute Gasteiger partial charge is 0.398 e. The van der Waals surface area contributed by atoms with E-state index in [9.17, 15) is 4.79 Å². The normalized spacial score (nSPS) is 29.8. The lowest BCUT2D eigenvalue weighted by Crippen LogP contribution is -2.21. The van der Waals surface area contributed by atoms with E-state index in [0.717, 1.165) is 30.4 Å². The molecule has 4 heteroatoms. The summed E-state index contributed by atoms with van der Waals surface area (Å²) in [6.45, 7) is 0. The van der Waals surface area contributed by atoms with E-state index in [-0.39, 0.29) is 11.8 Å². The van der Waals surface area contributed by atoms with E-state index in [4.69, 9.17) is 17.3 Å². The molecule has 2 saturated carbocycles. The molecule has 0 radical (unpaired) electrons. The van der Waals surface area contributed by atoms with E-state index in [0.29, 0.717) is 10.7 Å². The van der Waals surface area contributed by atoms with Crippen LogP contribution in [0, 0.1) is 17.8 Å². The van der Waals surface area contributed by atoms with Crippen molar-refractivity contribution in [2.75, 3.05) is 11.1 Å². The predicted octanol–water partition coefficient (Wildman–Crippen LogP) is 2.91. The van der Waals surface area contributed by atoms with Crippen LogP contribution in [0.15, 0.2) is 18.2 Å². The highest BCUT2D eigenvalue weighted by atomic mass is 35.5. The number of anilines is 2. The molecule has 2 fully saturated rings. The van der Waals surface area contributed by atoms with Gasteiger partial charge in [-0.3, -0.25) is 4.79 Å². The molecule has 2 unspecified atom stereocenters. The first kappa shape index (κ1) is 10.9. The molecule has 0 heterocycles. The molecule has 0 bridgehead atoms. The smallest absolute Gasteiger partial charge is 0.227 e. The number of hydrogen-bond donors (Lipinski definition) is 2. The highest BCUT2D eigenvalue weighted by Gasteiger charge is 2.47. The maximum Gasteiger partial charge on any atom is 0.227 e. The molecule has 2 aliphatic rings. The quantitative estimate of drug-likeness (QED) is 0.793. The van der Waals surface area contributed by atoms with E-state index in [1.54, 1.807) is 18.2 Å². The summed E-state index contributed by atoms with van der Waals surface area (Å²) < 4.78 is 0. The molecule has 0 aliphatic heterocycles. The van der Waals surface area contributed by atoms with E-state index in [2.05, 4.69) is 5.32 Å². The van der Waals surface area contributed by atoms with Crippen molar-refractivity contribution in [3.05, 3.63) is 23.2 Å². The number of rotatable bonds is 2. The van der Waals surface area contributed by atoms with Gasteiger partial charge in [-0.05, 0) is 49.3 Å². The first-order valence-corrected chi connectivity index (χ1v) is 6.37. The molecule has 3 rings (SSSR count). The van der Waals surface area contributed by atoms with E-state index < -0.39 is 0 Å². The van der Waals surface area contributed by atoms with Gasteiger partial charge in [0.25, 0.3) is 0 Å². The van der Waals surface area contributed by atoms with Crippen LogP contribution in [0.5, 0.6) is 0 Å². The van der Waals surface area contributed by atoms with Crippen LogP contribution in [0.1, 0.15) is 19.3 Å². The molecule has 17 heavy (non-hydrogen) atoms. The van der Waals surface area contributed by atoms with Crippen molar-refractivity contribution >= 4 is 28.9 Å². The Hall–Kier alpha value is -1.22. The number of hydrogen-bond acceptors (Lipinski definition) is 2. The summed E-state index contributed by atoms with van der Waals surface area (Å²) in [6.07, 6.45) is 3.44. The van der Waals surface area contributed by atoms with Crippen LogP contribution in [0.3, 0.4) is 0 Å². The van der Waals surface area contributed by atoms with Crippen molar-refractivity contribution < 1.29 is 4.79 Å². The highest BCUT2D eigenvalue weighted by molar-refractivity contribution is 6.33. The van der Waals surface area contributed by atoms with E-state index in [1.807, 2.05) is 0 Å². The van der Waals surface area contributed by atoms with Gasteiger partial charge in [0.05, 0.1) is 10.7 Å². The van der Waals surface area contributed by atoms with Crippen LogP contribution in [0.25, 0.3) is 0 Å². The van der Waals surface area contributed by atoms with Crippen molar-refractivity contribution in [1.29, 1.82) is 0 Å². The molecule has 0 aromatic heterocycles. The Morgan fingerprint density at radius 3 is 2.65 bits per heavy atom. The zero-order valence-corrected chi connectivity index (χ0v) is 10.2. The van der Waals surface area contributed by atoms with Gasteiger partial charge in [0, 0.05) is 11.6 Å². The Bertz CT molecular complexity index is 464. The number of benzene rings is 1. The SMILES string of the molecule is Nc1ccc(NC(=O)C2CC3CC3C2)cc1Cl. The summed E-state index contributed by atoms with van der Waals surface area (Å²) >= 11 is 5.91. The molecule has 0 spiro atoms. The number of halogens is 1. The standard InChI is InChI=1S/C13H15ClN2O/c14-11-6-10(1-2-12(11)15)16-13(17)9-4-7-3-8(7)5-9/h1-2,6-9H,3-5,15H2,(H,16,17). The lowest BCUT2D eigenvalue weighted by Gasteiger charge is -2.12. The molecule has 2 aliphatic carbocycles. The maximum atomic E-state index is 12.0. The fourth-order valence-corrected chi connectivity index (χ4v) is 2.96. The monoisotopic (exact) mass is 250 g/mol. The zero-order valence-electron chi connectivity index (χ0n) is 9.45. The van der Waals surface area contributed by atoms with E-state index >= 15 is 0 Å². The minimum Gasteiger partial charge on any atom is -0.398 e. The molecular formula is C13H15ClN2O. The third-order valence-electron chi connectivity index (χ3n) is 3.88. The Kier molecular flexibility index (Phi) is 2.51. The number of fused-ring (bicyclic) bond motifs is 1. The molecule has 3 nitrogen and oxygen atoms in total. The van der Waals surface area contributed by atoms with Crippen molar-refractivity contribution in [1.82, 2.24) is 0 Å². The summed E-state index contributed by atoms with van der Waals surface area (Å²) in [5.74, 6) is 1.95. The van der Waals surface area contributed by atoms with Gasteiger partial charge in [0.2, 0.25) is 5.91 Å². The summed E-state index contributed by atoms with van der Waals surface area (Å²) in [6, 6.07) is 5.20. The molecular weight excluding hydrogens is 236 g/mol. The van der Waals surface area contributed by atoms with Crippen LogP contribution >= 0.6 is 11.6 Å². The molecule has 2 atom stereocenters. The van der Waals surface area contributed by atoms with E-state index in [1.165, 1.54) is 6.42 Å². The number of amides is 1. The summed E-state index contributed by atoms with van der Waals surface area (Å²) in [4.78, 5) is 12.0. The fraction of sp³-hybridized carbons (Fsp3) is 0.462. The molecule has 0 saturated heterocycles. The lowest BCUT2D eigenvalue weighted by atomic mass is 10.0. The highest BCUT2D eigenvalue weighted by Crippen LogP contribution is 2.54. The second kappa shape index (κ2) is 3.91. The minimum atomic E-state index is 0.123. The molecule has 1 aromatic rings.